The summed E-state index contributed by atoms with van der Waals surface area (Å²) in [7, 11) is 0. The predicted octanol–water partition coefficient (Wildman–Crippen LogP) is 2.12. The molecule has 17 heavy (non-hydrogen) atoms. The molecule has 0 aromatic heterocycles. The fourth-order valence-corrected chi connectivity index (χ4v) is 2.49. The molecule has 0 bridgehead atoms. The molecule has 0 heterocycles. The molecule has 3 nitrogen and oxygen atoms in total. The first-order chi connectivity index (χ1) is 8.16. The lowest BCUT2D eigenvalue weighted by Crippen LogP contribution is -2.37. The number of carbonyl (C=O) groups excluding carboxylic acids is 1. The monoisotopic (exact) mass is 232 g/mol. The van der Waals surface area contributed by atoms with Crippen molar-refractivity contribution in [2.45, 2.75) is 38.6 Å². The van der Waals surface area contributed by atoms with E-state index in [-0.39, 0.29) is 5.91 Å². The van der Waals surface area contributed by atoms with E-state index in [4.69, 9.17) is 5.73 Å². The molecule has 0 radical (unpaired) electrons. The highest BCUT2D eigenvalue weighted by atomic mass is 16.1. The van der Waals surface area contributed by atoms with Gasteiger partial charge in [-0.05, 0) is 30.4 Å². The van der Waals surface area contributed by atoms with Gasteiger partial charge in [0.1, 0.15) is 0 Å². The van der Waals surface area contributed by atoms with Crippen molar-refractivity contribution in [2.24, 2.45) is 5.92 Å². The fourth-order valence-electron chi connectivity index (χ4n) is 2.49. The number of para-hydroxylation sites is 1. The van der Waals surface area contributed by atoms with Crippen molar-refractivity contribution < 1.29 is 4.79 Å². The summed E-state index contributed by atoms with van der Waals surface area (Å²) in [6.45, 7) is 2.20. The summed E-state index contributed by atoms with van der Waals surface area (Å²) < 4.78 is 0. The lowest BCUT2D eigenvalue weighted by Gasteiger charge is -2.17. The maximum Gasteiger partial charge on any atom is 0.224 e. The first kappa shape index (κ1) is 12.0. The van der Waals surface area contributed by atoms with Gasteiger partial charge in [-0.1, -0.05) is 31.5 Å². The van der Waals surface area contributed by atoms with Crippen LogP contribution in [-0.2, 0) is 11.2 Å². The maximum absolute atomic E-state index is 11.9. The van der Waals surface area contributed by atoms with Gasteiger partial charge in [0.05, 0.1) is 6.42 Å². The lowest BCUT2D eigenvalue weighted by molar-refractivity contribution is -0.121. The average Bonchev–Trinajstić information content (AvgIpc) is 2.68. The highest BCUT2D eigenvalue weighted by Gasteiger charge is 2.24. The fraction of sp³-hybridized carbons (Fsp3) is 0.500. The summed E-state index contributed by atoms with van der Waals surface area (Å²) in [5.41, 5.74) is 7.43. The highest BCUT2D eigenvalue weighted by molar-refractivity contribution is 5.80. The van der Waals surface area contributed by atoms with E-state index in [0.29, 0.717) is 24.1 Å². The van der Waals surface area contributed by atoms with Crippen molar-refractivity contribution in [1.29, 1.82) is 0 Å². The van der Waals surface area contributed by atoms with Crippen molar-refractivity contribution >= 4 is 11.6 Å². The quantitative estimate of drug-likeness (QED) is 0.784. The third kappa shape index (κ3) is 2.99. The molecule has 2 atom stereocenters. The summed E-state index contributed by atoms with van der Waals surface area (Å²) >= 11 is 0. The van der Waals surface area contributed by atoms with E-state index in [2.05, 4.69) is 12.2 Å². The van der Waals surface area contributed by atoms with Crippen LogP contribution < -0.4 is 11.1 Å². The second-order valence-electron chi connectivity index (χ2n) is 4.96. The van der Waals surface area contributed by atoms with E-state index in [9.17, 15) is 4.79 Å². The summed E-state index contributed by atoms with van der Waals surface area (Å²) in [4.78, 5) is 11.9. The number of rotatable bonds is 3. The summed E-state index contributed by atoms with van der Waals surface area (Å²) in [5, 5.41) is 3.11. The predicted molar refractivity (Wildman–Crippen MR) is 69.5 cm³/mol. The third-order valence-corrected chi connectivity index (χ3v) is 3.61. The Morgan fingerprint density at radius 3 is 2.82 bits per heavy atom. The maximum atomic E-state index is 11.9. The molecule has 0 aliphatic heterocycles. The van der Waals surface area contributed by atoms with Crippen molar-refractivity contribution in [3.8, 4) is 0 Å². The van der Waals surface area contributed by atoms with Gasteiger partial charge in [-0.15, -0.1) is 0 Å². The molecule has 0 spiro atoms. The molecule has 1 amide bonds. The van der Waals surface area contributed by atoms with Crippen LogP contribution in [0.5, 0.6) is 0 Å². The zero-order valence-corrected chi connectivity index (χ0v) is 10.3. The lowest BCUT2D eigenvalue weighted by atomic mass is 10.1. The van der Waals surface area contributed by atoms with E-state index in [1.165, 1.54) is 12.8 Å². The molecular formula is C14H20N2O. The number of amides is 1. The van der Waals surface area contributed by atoms with Crippen molar-refractivity contribution in [1.82, 2.24) is 5.32 Å². The van der Waals surface area contributed by atoms with Crippen LogP contribution in [-0.4, -0.2) is 11.9 Å². The molecular weight excluding hydrogens is 212 g/mol. The Hall–Kier alpha value is -1.51. The number of hydrogen-bond acceptors (Lipinski definition) is 2. The number of benzene rings is 1. The molecule has 1 aliphatic carbocycles. The van der Waals surface area contributed by atoms with Gasteiger partial charge in [0.2, 0.25) is 5.91 Å². The molecule has 1 aromatic carbocycles. The van der Waals surface area contributed by atoms with Crippen LogP contribution in [0.25, 0.3) is 0 Å². The van der Waals surface area contributed by atoms with Gasteiger partial charge in [0.25, 0.3) is 0 Å². The summed E-state index contributed by atoms with van der Waals surface area (Å²) in [6.07, 6.45) is 3.94. The molecule has 1 saturated carbocycles. The van der Waals surface area contributed by atoms with Crippen molar-refractivity contribution in [3.63, 3.8) is 0 Å². The second kappa shape index (κ2) is 5.21. The van der Waals surface area contributed by atoms with Gasteiger partial charge < -0.3 is 11.1 Å². The van der Waals surface area contributed by atoms with Gasteiger partial charge in [-0.3, -0.25) is 4.79 Å². The van der Waals surface area contributed by atoms with E-state index in [0.717, 1.165) is 12.0 Å². The molecule has 1 aliphatic rings. The molecule has 1 fully saturated rings. The number of anilines is 1. The van der Waals surface area contributed by atoms with E-state index < -0.39 is 0 Å². The van der Waals surface area contributed by atoms with Gasteiger partial charge in [0.15, 0.2) is 0 Å². The number of nitrogens with two attached hydrogens (primary N) is 1. The standard InChI is InChI=1S/C14H20N2O/c1-10-5-4-8-13(10)16-14(17)9-11-6-2-3-7-12(11)15/h2-3,6-7,10,13H,4-5,8-9,15H2,1H3,(H,16,17). The number of carbonyl (C=O) groups is 1. The topological polar surface area (TPSA) is 55.1 Å². The SMILES string of the molecule is CC1CCCC1NC(=O)Cc1ccccc1N. The smallest absolute Gasteiger partial charge is 0.224 e. The Kier molecular flexibility index (Phi) is 3.67. The first-order valence-electron chi connectivity index (χ1n) is 6.29. The number of nitrogen functional groups attached to an aromatic ring is 1. The van der Waals surface area contributed by atoms with E-state index in [1.807, 2.05) is 24.3 Å². The van der Waals surface area contributed by atoms with Crippen LogP contribution in [0, 0.1) is 5.92 Å². The normalized spacial score (nSPS) is 23.6. The number of hydrogen-bond donors (Lipinski definition) is 2. The minimum Gasteiger partial charge on any atom is -0.398 e. The van der Waals surface area contributed by atoms with Crippen molar-refractivity contribution in [2.75, 3.05) is 5.73 Å². The molecule has 2 unspecified atom stereocenters. The molecule has 0 saturated heterocycles. The minimum atomic E-state index is 0.0849. The Bertz CT molecular complexity index is 403. The molecule has 2 rings (SSSR count). The average molecular weight is 232 g/mol. The summed E-state index contributed by atoms with van der Waals surface area (Å²) in [5.74, 6) is 0.689. The van der Waals surface area contributed by atoms with Crippen LogP contribution in [0.15, 0.2) is 24.3 Å². The summed E-state index contributed by atoms with van der Waals surface area (Å²) in [6, 6.07) is 7.90. The van der Waals surface area contributed by atoms with Crippen molar-refractivity contribution in [3.05, 3.63) is 29.8 Å². The molecule has 1 aromatic rings. The zero-order valence-electron chi connectivity index (χ0n) is 10.3. The molecule has 92 valence electrons. The Morgan fingerprint density at radius 2 is 2.18 bits per heavy atom. The second-order valence-corrected chi connectivity index (χ2v) is 4.96. The van der Waals surface area contributed by atoms with E-state index in [1.54, 1.807) is 0 Å². The Labute approximate surface area is 102 Å². The Balaban J connectivity index is 1.91. The minimum absolute atomic E-state index is 0.0849. The van der Waals surface area contributed by atoms with Gasteiger partial charge in [0, 0.05) is 11.7 Å². The largest absolute Gasteiger partial charge is 0.398 e. The zero-order chi connectivity index (χ0) is 12.3. The van der Waals surface area contributed by atoms with Gasteiger partial charge in [-0.25, -0.2) is 0 Å². The Morgan fingerprint density at radius 1 is 1.41 bits per heavy atom. The van der Waals surface area contributed by atoms with Crippen LogP contribution in [0.4, 0.5) is 5.69 Å². The first-order valence-corrected chi connectivity index (χ1v) is 6.29. The third-order valence-electron chi connectivity index (χ3n) is 3.61. The molecule has 3 N–H and O–H groups in total. The van der Waals surface area contributed by atoms with Gasteiger partial charge in [-0.2, -0.15) is 0 Å². The van der Waals surface area contributed by atoms with Crippen LogP contribution in [0.1, 0.15) is 31.7 Å². The van der Waals surface area contributed by atoms with Gasteiger partial charge >= 0.3 is 0 Å². The molecule has 3 heteroatoms. The van der Waals surface area contributed by atoms with Crippen LogP contribution in [0.2, 0.25) is 0 Å². The number of nitrogens with one attached hydrogen (secondary N) is 1. The highest BCUT2D eigenvalue weighted by Crippen LogP contribution is 2.24. The van der Waals surface area contributed by atoms with E-state index >= 15 is 0 Å². The van der Waals surface area contributed by atoms with Crippen LogP contribution in [0.3, 0.4) is 0 Å². The van der Waals surface area contributed by atoms with Crippen LogP contribution >= 0.6 is 0 Å².